The van der Waals surface area contributed by atoms with Gasteiger partial charge in [-0.1, -0.05) is 390 Å². The standard InChI is InChI=1S/C101H172O16P2/c1-4-7-10-13-16-19-22-25-28-31-33-35-37-39-41-43-45-46-47-48-50-52-53-55-57-59-61-64-66-69-72-75-78-81-84-87-99(104)111-90-96(102)91-113-118(107,108)114-92-97(103)93-115-119(109,110)116-95-98(117-101(106)89-86-83-80-77-74-71-68-63-30-27-24-21-18-15-12-9-6-3)94-112-100(105)88-85-82-79-76-73-70-67-65-62-60-58-56-54-51-49-44-42-40-38-36-34-32-29-26-23-20-17-14-11-8-5-2/h8-9,11-12,16-21,25-30,33-36,39-42,49,51,68,71,96-98,102-103H,4-7,10,13-15,22-24,31-32,37-38,43-48,50,52-67,69-70,72-95H2,1-3H3,(H,107,108)(H,109,110)/b11-8-,12-9-,19-16-,20-17-,21-18-,28-25-,29-26-,30-27-,35-33-,36-34-,41-39-,42-40-,51-49-,71-68-. The van der Waals surface area contributed by atoms with E-state index in [0.717, 1.165) is 161 Å². The lowest BCUT2D eigenvalue weighted by atomic mass is 10.0. The highest BCUT2D eigenvalue weighted by Gasteiger charge is 2.30. The van der Waals surface area contributed by atoms with Gasteiger partial charge in [-0.25, -0.2) is 9.13 Å². The maximum Gasteiger partial charge on any atom is 0.472 e. The number of allylic oxidation sites excluding steroid dienone is 28. The third-order valence-electron chi connectivity index (χ3n) is 19.9. The van der Waals surface area contributed by atoms with Crippen molar-refractivity contribution in [2.24, 2.45) is 0 Å². The smallest absolute Gasteiger partial charge is 0.463 e. The molecule has 0 bridgehead atoms. The molecule has 0 spiro atoms. The van der Waals surface area contributed by atoms with E-state index in [1.165, 1.54) is 173 Å². The van der Waals surface area contributed by atoms with E-state index >= 15 is 0 Å². The topological polar surface area (TPSA) is 231 Å². The van der Waals surface area contributed by atoms with Crippen molar-refractivity contribution in [1.29, 1.82) is 0 Å². The second-order valence-corrected chi connectivity index (χ2v) is 34.3. The number of ether oxygens (including phenoxy) is 3. The van der Waals surface area contributed by atoms with E-state index in [-0.39, 0.29) is 19.3 Å². The summed E-state index contributed by atoms with van der Waals surface area (Å²) in [7, 11) is -9.82. The molecule has 0 aliphatic carbocycles. The van der Waals surface area contributed by atoms with Crippen LogP contribution in [-0.4, -0.2) is 95.9 Å². The fourth-order valence-electron chi connectivity index (χ4n) is 12.8. The van der Waals surface area contributed by atoms with Crippen molar-refractivity contribution >= 4 is 33.6 Å². The number of aliphatic hydroxyl groups excluding tert-OH is 2. The molecule has 5 atom stereocenters. The molecule has 0 saturated carbocycles. The van der Waals surface area contributed by atoms with Crippen molar-refractivity contribution < 1.29 is 75.8 Å². The van der Waals surface area contributed by atoms with E-state index < -0.39 is 91.5 Å². The van der Waals surface area contributed by atoms with Crippen molar-refractivity contribution in [2.75, 3.05) is 39.6 Å². The first-order valence-corrected chi connectivity index (χ1v) is 50.4. The van der Waals surface area contributed by atoms with Gasteiger partial charge in [-0.15, -0.1) is 0 Å². The molecular formula is C101H172O16P2. The first-order valence-electron chi connectivity index (χ1n) is 47.4. The summed E-state index contributed by atoms with van der Waals surface area (Å²) in [5.41, 5.74) is 0. The summed E-state index contributed by atoms with van der Waals surface area (Å²) >= 11 is 0. The summed E-state index contributed by atoms with van der Waals surface area (Å²) in [6, 6.07) is 0. The monoisotopic (exact) mass is 1700 g/mol. The molecule has 0 aliphatic heterocycles. The van der Waals surface area contributed by atoms with Gasteiger partial charge in [0.2, 0.25) is 0 Å². The summed E-state index contributed by atoms with van der Waals surface area (Å²) in [6.45, 7) is 2.44. The number of carbonyl (C=O) groups excluding carboxylic acids is 3. The third kappa shape index (κ3) is 93.5. The lowest BCUT2D eigenvalue weighted by Gasteiger charge is -2.21. The fourth-order valence-corrected chi connectivity index (χ4v) is 14.4. The van der Waals surface area contributed by atoms with Gasteiger partial charge in [-0.3, -0.25) is 32.5 Å². The molecule has 0 radical (unpaired) electrons. The van der Waals surface area contributed by atoms with E-state index in [1.54, 1.807) is 0 Å². The number of phosphoric acid groups is 2. The quantitative estimate of drug-likeness (QED) is 0.0146. The van der Waals surface area contributed by atoms with Crippen molar-refractivity contribution in [1.82, 2.24) is 0 Å². The van der Waals surface area contributed by atoms with Gasteiger partial charge in [-0.2, -0.15) is 0 Å². The van der Waals surface area contributed by atoms with Crippen LogP contribution in [0.2, 0.25) is 0 Å². The van der Waals surface area contributed by atoms with Crippen LogP contribution in [-0.2, 0) is 55.8 Å². The summed E-state index contributed by atoms with van der Waals surface area (Å²) < 4.78 is 61.4. The van der Waals surface area contributed by atoms with Crippen LogP contribution in [0.5, 0.6) is 0 Å². The first kappa shape index (κ1) is 114. The van der Waals surface area contributed by atoms with Crippen LogP contribution in [0.15, 0.2) is 170 Å². The van der Waals surface area contributed by atoms with Crippen molar-refractivity contribution in [2.45, 2.75) is 411 Å². The Morgan fingerprint density at radius 1 is 0.244 bits per heavy atom. The van der Waals surface area contributed by atoms with Crippen molar-refractivity contribution in [3.05, 3.63) is 170 Å². The molecule has 0 aromatic carbocycles. The first-order chi connectivity index (χ1) is 58.2. The molecule has 0 fully saturated rings. The predicted molar refractivity (Wildman–Crippen MR) is 500 cm³/mol. The van der Waals surface area contributed by atoms with E-state index in [2.05, 4.69) is 191 Å². The molecule has 16 nitrogen and oxygen atoms in total. The molecule has 682 valence electrons. The lowest BCUT2D eigenvalue weighted by molar-refractivity contribution is -0.161. The Kier molecular flexibility index (Phi) is 88.2. The van der Waals surface area contributed by atoms with E-state index in [4.69, 9.17) is 32.3 Å². The van der Waals surface area contributed by atoms with Gasteiger partial charge in [0.1, 0.15) is 25.4 Å². The third-order valence-corrected chi connectivity index (χ3v) is 21.8. The molecule has 119 heavy (non-hydrogen) atoms. The van der Waals surface area contributed by atoms with Gasteiger partial charge >= 0.3 is 33.6 Å². The van der Waals surface area contributed by atoms with Crippen LogP contribution in [0.25, 0.3) is 0 Å². The Bertz CT molecular complexity index is 2840. The summed E-state index contributed by atoms with van der Waals surface area (Å²) in [6.07, 6.45) is 120. The van der Waals surface area contributed by atoms with Gasteiger partial charge in [0.05, 0.1) is 26.4 Å². The Morgan fingerprint density at radius 2 is 0.445 bits per heavy atom. The zero-order valence-corrected chi connectivity index (χ0v) is 77.0. The minimum Gasteiger partial charge on any atom is -0.463 e. The minimum atomic E-state index is -4.95. The average Bonchev–Trinajstić information content (AvgIpc) is 0.902. The Labute approximate surface area is 726 Å². The van der Waals surface area contributed by atoms with Crippen LogP contribution in [0, 0.1) is 0 Å². The zero-order chi connectivity index (χ0) is 86.5. The highest BCUT2D eigenvalue weighted by Crippen LogP contribution is 2.45. The maximum atomic E-state index is 13.0. The molecule has 0 saturated heterocycles. The lowest BCUT2D eigenvalue weighted by Crippen LogP contribution is -2.30. The van der Waals surface area contributed by atoms with Crippen molar-refractivity contribution in [3.63, 3.8) is 0 Å². The second-order valence-electron chi connectivity index (χ2n) is 31.4. The molecule has 0 heterocycles. The minimum absolute atomic E-state index is 0.0724. The second kappa shape index (κ2) is 92.1. The summed E-state index contributed by atoms with van der Waals surface area (Å²) in [5.74, 6) is -1.60. The number of phosphoric ester groups is 2. The number of hydrogen-bond acceptors (Lipinski definition) is 14. The van der Waals surface area contributed by atoms with Crippen LogP contribution in [0.3, 0.4) is 0 Å². The molecule has 5 unspecified atom stereocenters. The van der Waals surface area contributed by atoms with Crippen LogP contribution in [0.4, 0.5) is 0 Å². The average molecular weight is 1700 g/mol. The Morgan fingerprint density at radius 3 is 0.706 bits per heavy atom. The van der Waals surface area contributed by atoms with E-state index in [0.29, 0.717) is 19.3 Å². The Balaban J connectivity index is 4.48. The molecule has 0 aromatic heterocycles. The number of carbonyl (C=O) groups is 3. The molecule has 4 N–H and O–H groups in total. The highest BCUT2D eigenvalue weighted by atomic mass is 31.2. The van der Waals surface area contributed by atoms with Crippen LogP contribution < -0.4 is 0 Å². The number of aliphatic hydroxyl groups is 2. The van der Waals surface area contributed by atoms with Gasteiger partial charge in [0, 0.05) is 19.3 Å². The summed E-state index contributed by atoms with van der Waals surface area (Å²) in [4.78, 5) is 59.0. The predicted octanol–water partition coefficient (Wildman–Crippen LogP) is 29.4. The Hall–Kier alpha value is -5.09. The molecule has 0 rings (SSSR count). The van der Waals surface area contributed by atoms with Gasteiger partial charge in [0.15, 0.2) is 6.10 Å². The molecular weight excluding hydrogens is 1530 g/mol. The van der Waals surface area contributed by atoms with Gasteiger partial charge < -0.3 is 34.2 Å². The SMILES string of the molecule is CC/C=C\C/C=C\C/C=C\C/C=C\C/C=C\C/C=C\CCCCCCCCCCCCCCC(=O)OCC(COP(=O)(O)OCC(O)COP(=O)(O)OCC(O)COC(=O)CCCCCCCCCCCCCCCCCCCCC/C=C\C/C=C\C/C=C\C/C=C\CCCCC)OC(=O)CCCCCC/C=C\C/C=C\C/C=C\C/C=C\CC. The zero-order valence-electron chi connectivity index (χ0n) is 75.2. The summed E-state index contributed by atoms with van der Waals surface area (Å²) in [5, 5.41) is 20.7. The van der Waals surface area contributed by atoms with Gasteiger partial charge in [-0.05, 0) is 154 Å². The van der Waals surface area contributed by atoms with Crippen molar-refractivity contribution in [3.8, 4) is 0 Å². The number of hydrogen-bond donors (Lipinski definition) is 4. The number of esters is 3. The normalized spacial score (nSPS) is 14.5. The molecule has 0 aliphatic rings. The van der Waals surface area contributed by atoms with E-state index in [9.17, 15) is 43.5 Å². The maximum absolute atomic E-state index is 13.0. The highest BCUT2D eigenvalue weighted by molar-refractivity contribution is 7.47. The fraction of sp³-hybridized carbons (Fsp3) is 0.693. The number of unbranched alkanes of at least 4 members (excludes halogenated alkanes) is 38. The largest absolute Gasteiger partial charge is 0.472 e. The van der Waals surface area contributed by atoms with E-state index in [1.807, 2.05) is 0 Å². The molecule has 0 amide bonds. The van der Waals surface area contributed by atoms with Crippen LogP contribution >= 0.6 is 15.6 Å². The molecule has 18 heteroatoms. The van der Waals surface area contributed by atoms with Crippen LogP contribution in [0.1, 0.15) is 393 Å². The molecule has 0 aromatic rings. The number of rotatable bonds is 89. The van der Waals surface area contributed by atoms with Gasteiger partial charge in [0.25, 0.3) is 0 Å².